The molecule has 2 rings (SSSR count). The van der Waals surface area contributed by atoms with Gasteiger partial charge >= 0.3 is 6.18 Å². The monoisotopic (exact) mass is 377 g/mol. The smallest absolute Gasteiger partial charge is 0.370 e. The van der Waals surface area contributed by atoms with E-state index >= 15 is 0 Å². The lowest BCUT2D eigenvalue weighted by atomic mass is 10.1. The largest absolute Gasteiger partial charge is 0.416 e. The van der Waals surface area contributed by atoms with Crippen molar-refractivity contribution in [1.29, 1.82) is 0 Å². The average molecular weight is 377 g/mol. The first-order chi connectivity index (χ1) is 11.6. The van der Waals surface area contributed by atoms with Crippen LogP contribution in [0.2, 0.25) is 0 Å². The Morgan fingerprint density at radius 3 is 2.28 bits per heavy atom. The fourth-order valence-electron chi connectivity index (χ4n) is 2.70. The maximum Gasteiger partial charge on any atom is 0.416 e. The number of nitrogens with zero attached hydrogens (tertiary/aromatic N) is 2. The molecule has 1 saturated heterocycles. The maximum absolute atomic E-state index is 13.0. The molecule has 1 aromatic carbocycles. The summed E-state index contributed by atoms with van der Waals surface area (Å²) < 4.78 is 62.3. The van der Waals surface area contributed by atoms with Gasteiger partial charge in [0.2, 0.25) is 0 Å². The maximum atomic E-state index is 13.0. The second-order valence-electron chi connectivity index (χ2n) is 6.21. The highest BCUT2D eigenvalue weighted by Gasteiger charge is 2.32. The molecule has 0 amide bonds. The van der Waals surface area contributed by atoms with Gasteiger partial charge in [0.25, 0.3) is 0 Å². The molecule has 0 spiro atoms. The molecule has 0 atom stereocenters. The van der Waals surface area contributed by atoms with Gasteiger partial charge in [-0.25, -0.2) is 13.4 Å². The van der Waals surface area contributed by atoms with E-state index in [1.165, 1.54) is 6.07 Å². The molecule has 0 radical (unpaired) electrons. The van der Waals surface area contributed by atoms with Gasteiger partial charge < -0.3 is 10.6 Å². The summed E-state index contributed by atoms with van der Waals surface area (Å²) in [6.45, 7) is 1.44. The molecule has 2 N–H and O–H groups in total. The van der Waals surface area contributed by atoms with E-state index in [0.29, 0.717) is 6.07 Å². The van der Waals surface area contributed by atoms with Crippen molar-refractivity contribution < 1.29 is 21.6 Å². The Bertz CT molecular complexity index is 737. The number of likely N-dealkylation sites (tertiary alicyclic amines) is 1. The van der Waals surface area contributed by atoms with Crippen molar-refractivity contribution in [1.82, 2.24) is 4.90 Å². The average Bonchev–Trinajstić information content (AvgIpc) is 2.80. The van der Waals surface area contributed by atoms with Crippen LogP contribution in [0.5, 0.6) is 0 Å². The van der Waals surface area contributed by atoms with Crippen molar-refractivity contribution in [3.8, 4) is 0 Å². The lowest BCUT2D eigenvalue weighted by Gasteiger charge is -2.21. The Labute approximate surface area is 145 Å². The summed E-state index contributed by atoms with van der Waals surface area (Å²) in [4.78, 5) is 5.70. The zero-order chi connectivity index (χ0) is 18.7. The lowest BCUT2D eigenvalue weighted by Crippen LogP contribution is -2.38. The summed E-state index contributed by atoms with van der Waals surface area (Å²) in [7, 11) is -3.76. The molecule has 0 bridgehead atoms. The second-order valence-corrected chi connectivity index (χ2v) is 8.23. The molecule has 25 heavy (non-hydrogen) atoms. The summed E-state index contributed by atoms with van der Waals surface area (Å²) in [5.41, 5.74) is 5.10. The molecular formula is C16H22F3N3O2S. The van der Waals surface area contributed by atoms with Gasteiger partial charge in [-0.15, -0.1) is 0 Å². The summed E-state index contributed by atoms with van der Waals surface area (Å²) in [6.07, 6.45) is 0.483. The van der Waals surface area contributed by atoms with Crippen molar-refractivity contribution in [3.63, 3.8) is 0 Å². The van der Waals surface area contributed by atoms with Crippen molar-refractivity contribution in [2.75, 3.05) is 19.3 Å². The number of guanidine groups is 1. The van der Waals surface area contributed by atoms with Gasteiger partial charge in [0.1, 0.15) is 0 Å². The van der Waals surface area contributed by atoms with Crippen LogP contribution in [0.15, 0.2) is 28.1 Å². The second kappa shape index (κ2) is 7.63. The van der Waals surface area contributed by atoms with Crippen LogP contribution in [-0.2, 0) is 22.6 Å². The highest BCUT2D eigenvalue weighted by Crippen LogP contribution is 2.32. The summed E-state index contributed by atoms with van der Waals surface area (Å²) in [5.74, 6) is 0.278. The third-order valence-electron chi connectivity index (χ3n) is 4.08. The number of halogens is 3. The van der Waals surface area contributed by atoms with Crippen LogP contribution in [0.3, 0.4) is 0 Å². The number of hydrogen-bond donors (Lipinski definition) is 1. The fourth-order valence-corrected chi connectivity index (χ4v) is 3.41. The standard InChI is InChI=1S/C16H22F3N3O2S/c1-25(23,24)14-9-12(8-13(10-14)16(17,18)19)11-21-15(20)22-6-4-2-3-5-7-22/h8-10H,2-7,11H2,1H3,(H2,20,21). The van der Waals surface area contributed by atoms with Gasteiger partial charge in [0.15, 0.2) is 15.8 Å². The minimum absolute atomic E-state index is 0.102. The minimum atomic E-state index is -4.63. The van der Waals surface area contributed by atoms with Crippen molar-refractivity contribution in [3.05, 3.63) is 29.3 Å². The normalized spacial score (nSPS) is 17.4. The molecular weight excluding hydrogens is 355 g/mol. The molecule has 0 unspecified atom stereocenters. The molecule has 1 aromatic rings. The molecule has 1 heterocycles. The van der Waals surface area contributed by atoms with Crippen LogP contribution < -0.4 is 5.73 Å². The molecule has 0 aliphatic carbocycles. The first kappa shape index (κ1) is 19.6. The number of hydrogen-bond acceptors (Lipinski definition) is 3. The van der Waals surface area contributed by atoms with Crippen LogP contribution >= 0.6 is 0 Å². The van der Waals surface area contributed by atoms with Crippen molar-refractivity contribution in [2.24, 2.45) is 10.7 Å². The highest BCUT2D eigenvalue weighted by atomic mass is 32.2. The highest BCUT2D eigenvalue weighted by molar-refractivity contribution is 7.90. The Morgan fingerprint density at radius 1 is 1.16 bits per heavy atom. The third kappa shape index (κ3) is 5.62. The van der Waals surface area contributed by atoms with Gasteiger partial charge in [0, 0.05) is 19.3 Å². The minimum Gasteiger partial charge on any atom is -0.370 e. The van der Waals surface area contributed by atoms with E-state index in [1.54, 1.807) is 0 Å². The summed E-state index contributed by atoms with van der Waals surface area (Å²) >= 11 is 0. The van der Waals surface area contributed by atoms with Crippen LogP contribution in [0.25, 0.3) is 0 Å². The van der Waals surface area contributed by atoms with Crippen molar-refractivity contribution >= 4 is 15.8 Å². The predicted octanol–water partition coefficient (Wildman–Crippen LogP) is 2.80. The summed E-state index contributed by atoms with van der Waals surface area (Å²) in [5, 5.41) is 0. The number of sulfone groups is 1. The van der Waals surface area contributed by atoms with E-state index in [4.69, 9.17) is 5.73 Å². The first-order valence-electron chi connectivity index (χ1n) is 8.03. The fraction of sp³-hybridized carbons (Fsp3) is 0.562. The first-order valence-corrected chi connectivity index (χ1v) is 9.92. The topological polar surface area (TPSA) is 75.8 Å². The molecule has 1 aliphatic rings. The van der Waals surface area contributed by atoms with Gasteiger partial charge in [-0.2, -0.15) is 13.2 Å². The zero-order valence-electron chi connectivity index (χ0n) is 14.0. The number of benzene rings is 1. The van der Waals surface area contributed by atoms with E-state index in [1.807, 2.05) is 4.90 Å². The van der Waals surface area contributed by atoms with Crippen LogP contribution in [0.4, 0.5) is 13.2 Å². The van der Waals surface area contributed by atoms with E-state index in [0.717, 1.165) is 51.1 Å². The van der Waals surface area contributed by atoms with Crippen LogP contribution in [0, 0.1) is 0 Å². The Kier molecular flexibility index (Phi) is 5.97. The molecule has 140 valence electrons. The van der Waals surface area contributed by atoms with Crippen LogP contribution in [0.1, 0.15) is 36.8 Å². The molecule has 0 aromatic heterocycles. The van der Waals surface area contributed by atoms with Crippen molar-refractivity contribution in [2.45, 2.75) is 43.3 Å². The summed E-state index contributed by atoms with van der Waals surface area (Å²) in [6, 6.07) is 2.76. The third-order valence-corrected chi connectivity index (χ3v) is 5.17. The molecule has 0 saturated carbocycles. The molecule has 9 heteroatoms. The Hall–Kier alpha value is -1.77. The van der Waals surface area contributed by atoms with Gasteiger partial charge in [-0.1, -0.05) is 12.8 Å². The van der Waals surface area contributed by atoms with E-state index in [-0.39, 0.29) is 23.0 Å². The Balaban J connectivity index is 2.27. The Morgan fingerprint density at radius 2 is 1.76 bits per heavy atom. The van der Waals surface area contributed by atoms with E-state index < -0.39 is 21.6 Å². The number of nitrogens with two attached hydrogens (primary N) is 1. The van der Waals surface area contributed by atoms with Gasteiger partial charge in [0.05, 0.1) is 17.0 Å². The van der Waals surface area contributed by atoms with Gasteiger partial charge in [-0.3, -0.25) is 0 Å². The number of aliphatic imine (C=N–C) groups is 1. The number of alkyl halides is 3. The SMILES string of the molecule is CS(=O)(=O)c1cc(CN=C(N)N2CCCCCC2)cc(C(F)(F)F)c1. The molecule has 5 nitrogen and oxygen atoms in total. The van der Waals surface area contributed by atoms with E-state index in [2.05, 4.69) is 4.99 Å². The lowest BCUT2D eigenvalue weighted by molar-refractivity contribution is -0.137. The zero-order valence-corrected chi connectivity index (χ0v) is 14.8. The molecule has 1 fully saturated rings. The molecule has 1 aliphatic heterocycles. The van der Waals surface area contributed by atoms with Gasteiger partial charge in [-0.05, 0) is 36.6 Å². The van der Waals surface area contributed by atoms with Crippen LogP contribution in [-0.4, -0.2) is 38.6 Å². The predicted molar refractivity (Wildman–Crippen MR) is 89.9 cm³/mol. The van der Waals surface area contributed by atoms with E-state index in [9.17, 15) is 21.6 Å². The number of rotatable bonds is 3. The quantitative estimate of drug-likeness (QED) is 0.649.